The zero-order valence-corrected chi connectivity index (χ0v) is 14.1. The van der Waals surface area contributed by atoms with Crippen molar-refractivity contribution in [2.45, 2.75) is 4.83 Å². The first-order valence-electron chi connectivity index (χ1n) is 6.16. The maximum atomic E-state index is 14.0. The molecule has 1 heterocycles. The maximum Gasteiger partial charge on any atom is 0.419 e. The molecule has 6 heteroatoms. The topological polar surface area (TPSA) is 35.1 Å². The second-order valence-electron chi connectivity index (χ2n) is 4.68. The van der Waals surface area contributed by atoms with E-state index in [-0.39, 0.29) is 10.6 Å². The predicted octanol–water partition coefficient (Wildman–Crippen LogP) is 4.52. The van der Waals surface area contributed by atoms with Crippen LogP contribution in [-0.2, 0) is 7.05 Å². The van der Waals surface area contributed by atoms with Crippen molar-refractivity contribution in [3.8, 4) is 0 Å². The molecule has 0 saturated carbocycles. The van der Waals surface area contributed by atoms with Gasteiger partial charge in [0.15, 0.2) is 5.58 Å². The number of hydrogen-bond donors (Lipinski definition) is 0. The second-order valence-corrected chi connectivity index (χ2v) is 6.51. The summed E-state index contributed by atoms with van der Waals surface area (Å²) in [6.45, 7) is 0. The third-order valence-corrected chi connectivity index (χ3v) is 4.86. The summed E-state index contributed by atoms with van der Waals surface area (Å²) >= 11 is 6.84. The van der Waals surface area contributed by atoms with E-state index >= 15 is 0 Å². The monoisotopic (exact) mass is 413 g/mol. The van der Waals surface area contributed by atoms with E-state index in [0.717, 1.165) is 10.0 Å². The van der Waals surface area contributed by atoms with E-state index in [2.05, 4.69) is 31.9 Å². The average molecular weight is 415 g/mol. The summed E-state index contributed by atoms with van der Waals surface area (Å²) in [5, 5.41) is 0. The quantitative estimate of drug-likeness (QED) is 0.578. The van der Waals surface area contributed by atoms with E-state index < -0.39 is 5.76 Å². The van der Waals surface area contributed by atoms with Crippen LogP contribution in [0.2, 0.25) is 0 Å². The number of alkyl halides is 1. The molecule has 0 aliphatic rings. The van der Waals surface area contributed by atoms with Gasteiger partial charge in [0.2, 0.25) is 0 Å². The molecule has 0 aliphatic heterocycles. The van der Waals surface area contributed by atoms with E-state index in [1.807, 2.05) is 6.07 Å². The van der Waals surface area contributed by atoms with Gasteiger partial charge in [-0.25, -0.2) is 9.18 Å². The molecule has 3 nitrogen and oxygen atoms in total. The first-order valence-corrected chi connectivity index (χ1v) is 7.87. The Labute approximate surface area is 136 Å². The van der Waals surface area contributed by atoms with Crippen molar-refractivity contribution in [1.29, 1.82) is 0 Å². The smallest absolute Gasteiger partial charge is 0.408 e. The van der Waals surface area contributed by atoms with E-state index in [0.29, 0.717) is 16.7 Å². The lowest BCUT2D eigenvalue weighted by Crippen LogP contribution is -2.08. The SMILES string of the molecule is Cn1c(=O)oc2cc(C(Br)c3cc(Br)ccc3F)ccc21. The van der Waals surface area contributed by atoms with Crippen molar-refractivity contribution < 1.29 is 8.81 Å². The van der Waals surface area contributed by atoms with Gasteiger partial charge in [-0.05, 0) is 35.9 Å². The number of aryl methyl sites for hydroxylation is 1. The number of hydrogen-bond acceptors (Lipinski definition) is 2. The minimum atomic E-state index is -0.415. The van der Waals surface area contributed by atoms with Crippen LogP contribution in [-0.4, -0.2) is 4.57 Å². The van der Waals surface area contributed by atoms with Crippen molar-refractivity contribution in [1.82, 2.24) is 4.57 Å². The Hall–Kier alpha value is -1.40. The van der Waals surface area contributed by atoms with Gasteiger partial charge in [-0.15, -0.1) is 0 Å². The normalized spacial score (nSPS) is 12.8. The molecule has 1 aromatic heterocycles. The molecular formula is C15H10Br2FNO2. The highest BCUT2D eigenvalue weighted by molar-refractivity contribution is 9.10. The highest BCUT2D eigenvalue weighted by Gasteiger charge is 2.17. The highest BCUT2D eigenvalue weighted by atomic mass is 79.9. The number of aromatic nitrogens is 1. The maximum absolute atomic E-state index is 14.0. The van der Waals surface area contributed by atoms with Gasteiger partial charge >= 0.3 is 5.76 Å². The Morgan fingerprint density at radius 1 is 1.24 bits per heavy atom. The third-order valence-electron chi connectivity index (χ3n) is 3.34. The molecule has 0 aliphatic carbocycles. The second kappa shape index (κ2) is 5.42. The molecule has 0 fully saturated rings. The van der Waals surface area contributed by atoms with Crippen LogP contribution in [0, 0.1) is 5.82 Å². The molecule has 0 N–H and O–H groups in total. The predicted molar refractivity (Wildman–Crippen MR) is 86.3 cm³/mol. The summed E-state index contributed by atoms with van der Waals surface area (Å²) in [6.07, 6.45) is 0. The van der Waals surface area contributed by atoms with Crippen LogP contribution in [0.4, 0.5) is 4.39 Å². The highest BCUT2D eigenvalue weighted by Crippen LogP contribution is 2.35. The fraction of sp³-hybridized carbons (Fsp3) is 0.133. The molecule has 0 saturated heterocycles. The first-order chi connectivity index (χ1) is 9.97. The molecular weight excluding hydrogens is 405 g/mol. The number of nitrogens with zero attached hydrogens (tertiary/aromatic N) is 1. The minimum Gasteiger partial charge on any atom is -0.408 e. The zero-order chi connectivity index (χ0) is 15.1. The van der Waals surface area contributed by atoms with E-state index in [1.54, 1.807) is 31.3 Å². The summed E-state index contributed by atoms with van der Waals surface area (Å²) in [5.41, 5.74) is 2.52. The van der Waals surface area contributed by atoms with Gasteiger partial charge in [0.25, 0.3) is 0 Å². The molecule has 0 amide bonds. The van der Waals surface area contributed by atoms with Crippen LogP contribution in [0.3, 0.4) is 0 Å². The fourth-order valence-corrected chi connectivity index (χ4v) is 3.21. The van der Waals surface area contributed by atoms with Gasteiger partial charge in [0.05, 0.1) is 10.3 Å². The van der Waals surface area contributed by atoms with Crippen LogP contribution < -0.4 is 5.76 Å². The van der Waals surface area contributed by atoms with Gasteiger partial charge in [-0.2, -0.15) is 0 Å². The molecule has 1 unspecified atom stereocenters. The number of fused-ring (bicyclic) bond motifs is 1. The van der Waals surface area contributed by atoms with Crippen LogP contribution in [0.25, 0.3) is 11.1 Å². The molecule has 108 valence electrons. The Morgan fingerprint density at radius 3 is 2.76 bits per heavy atom. The Morgan fingerprint density at radius 2 is 2.00 bits per heavy atom. The fourth-order valence-electron chi connectivity index (χ4n) is 2.20. The van der Waals surface area contributed by atoms with Crippen molar-refractivity contribution in [3.63, 3.8) is 0 Å². The summed E-state index contributed by atoms with van der Waals surface area (Å²) in [6, 6.07) is 10.2. The Balaban J connectivity index is 2.11. The van der Waals surface area contributed by atoms with Gasteiger partial charge < -0.3 is 4.42 Å². The molecule has 0 bridgehead atoms. The lowest BCUT2D eigenvalue weighted by atomic mass is 10.0. The Bertz CT molecular complexity index is 885. The van der Waals surface area contributed by atoms with Crippen LogP contribution in [0.15, 0.2) is 50.1 Å². The van der Waals surface area contributed by atoms with Crippen molar-refractivity contribution >= 4 is 43.0 Å². The molecule has 0 spiro atoms. The molecule has 21 heavy (non-hydrogen) atoms. The van der Waals surface area contributed by atoms with Gasteiger partial charge in [-0.3, -0.25) is 4.57 Å². The van der Waals surface area contributed by atoms with Gasteiger partial charge in [0, 0.05) is 17.1 Å². The lowest BCUT2D eigenvalue weighted by molar-refractivity contribution is 0.528. The first kappa shape index (κ1) is 14.5. The van der Waals surface area contributed by atoms with Crippen molar-refractivity contribution in [3.05, 3.63) is 68.4 Å². The number of rotatable bonds is 2. The molecule has 1 atom stereocenters. The van der Waals surface area contributed by atoms with Crippen molar-refractivity contribution in [2.75, 3.05) is 0 Å². The van der Waals surface area contributed by atoms with E-state index in [4.69, 9.17) is 4.42 Å². The van der Waals surface area contributed by atoms with Crippen LogP contribution >= 0.6 is 31.9 Å². The molecule has 3 rings (SSSR count). The van der Waals surface area contributed by atoms with Gasteiger partial charge in [0.1, 0.15) is 5.82 Å². The number of oxazole rings is 1. The lowest BCUT2D eigenvalue weighted by Gasteiger charge is -2.12. The van der Waals surface area contributed by atoms with Crippen molar-refractivity contribution in [2.24, 2.45) is 7.05 Å². The molecule has 2 aromatic carbocycles. The standard InChI is InChI=1S/C15H10Br2FNO2/c1-19-12-5-2-8(6-13(12)21-15(19)20)14(17)10-7-9(16)3-4-11(10)18/h2-7,14H,1H3. The third kappa shape index (κ3) is 2.58. The number of benzene rings is 2. The van der Waals surface area contributed by atoms with E-state index in [1.165, 1.54) is 10.6 Å². The van der Waals surface area contributed by atoms with Crippen LogP contribution in [0.1, 0.15) is 16.0 Å². The Kier molecular flexibility index (Phi) is 3.75. The largest absolute Gasteiger partial charge is 0.419 e. The summed E-state index contributed by atoms with van der Waals surface area (Å²) in [7, 11) is 1.65. The molecule has 0 radical (unpaired) electrons. The number of halogens is 3. The molecule has 3 aromatic rings. The zero-order valence-electron chi connectivity index (χ0n) is 10.9. The summed E-state index contributed by atoms with van der Waals surface area (Å²) in [5.74, 6) is -0.711. The van der Waals surface area contributed by atoms with Gasteiger partial charge in [-0.1, -0.05) is 37.9 Å². The summed E-state index contributed by atoms with van der Waals surface area (Å²) in [4.78, 5) is 11.2. The van der Waals surface area contributed by atoms with Crippen LogP contribution in [0.5, 0.6) is 0 Å². The minimum absolute atomic E-state index is 0.297. The average Bonchev–Trinajstić information content (AvgIpc) is 2.75. The van der Waals surface area contributed by atoms with E-state index in [9.17, 15) is 9.18 Å². The summed E-state index contributed by atoms with van der Waals surface area (Å²) < 4.78 is 21.4.